The van der Waals surface area contributed by atoms with Crippen LogP contribution in [-0.2, 0) is 6.54 Å². The van der Waals surface area contributed by atoms with Crippen molar-refractivity contribution in [2.75, 3.05) is 7.05 Å². The van der Waals surface area contributed by atoms with E-state index in [1.54, 1.807) is 7.05 Å². The minimum absolute atomic E-state index is 0.0803. The number of nitrogens with zero attached hydrogens (tertiary/aromatic N) is 2. The fraction of sp³-hybridized carbons (Fsp3) is 0.200. The van der Waals surface area contributed by atoms with Gasteiger partial charge >= 0.3 is 0 Å². The van der Waals surface area contributed by atoms with Gasteiger partial charge in [-0.1, -0.05) is 11.6 Å². The summed E-state index contributed by atoms with van der Waals surface area (Å²) >= 11 is 5.44. The van der Waals surface area contributed by atoms with Gasteiger partial charge in [0.1, 0.15) is 11.6 Å². The van der Waals surface area contributed by atoms with E-state index in [4.69, 9.17) is 16.0 Å². The molecule has 7 heteroatoms. The van der Waals surface area contributed by atoms with Gasteiger partial charge in [0.2, 0.25) is 5.89 Å². The predicted molar refractivity (Wildman–Crippen MR) is 57.4 cm³/mol. The van der Waals surface area contributed by atoms with Gasteiger partial charge in [-0.15, -0.1) is 10.2 Å². The summed E-state index contributed by atoms with van der Waals surface area (Å²) in [4.78, 5) is 0. The van der Waals surface area contributed by atoms with Crippen LogP contribution in [0.2, 0.25) is 5.02 Å². The van der Waals surface area contributed by atoms with Crippen LogP contribution in [0, 0.1) is 11.6 Å². The third kappa shape index (κ3) is 2.42. The summed E-state index contributed by atoms with van der Waals surface area (Å²) in [6, 6.07) is 1.79. The molecule has 1 heterocycles. The van der Waals surface area contributed by atoms with Crippen molar-refractivity contribution in [3.05, 3.63) is 34.7 Å². The van der Waals surface area contributed by atoms with Gasteiger partial charge in [0, 0.05) is 0 Å². The second-order valence-electron chi connectivity index (χ2n) is 3.28. The Morgan fingerprint density at radius 2 is 2.06 bits per heavy atom. The minimum Gasteiger partial charge on any atom is -0.419 e. The third-order valence-electron chi connectivity index (χ3n) is 2.04. The van der Waals surface area contributed by atoms with Crippen LogP contribution < -0.4 is 5.32 Å². The van der Waals surface area contributed by atoms with E-state index in [1.807, 2.05) is 0 Å². The third-order valence-corrected chi connectivity index (χ3v) is 2.32. The van der Waals surface area contributed by atoms with Crippen molar-refractivity contribution >= 4 is 11.6 Å². The highest BCUT2D eigenvalue weighted by molar-refractivity contribution is 6.30. The number of hydrogen-bond acceptors (Lipinski definition) is 4. The van der Waals surface area contributed by atoms with E-state index < -0.39 is 11.6 Å². The Bertz CT molecular complexity index is 544. The molecule has 0 aliphatic heterocycles. The molecule has 0 bridgehead atoms. The average molecular weight is 260 g/mol. The van der Waals surface area contributed by atoms with Crippen molar-refractivity contribution < 1.29 is 13.2 Å². The Labute approximate surface area is 101 Å². The molecule has 0 spiro atoms. The topological polar surface area (TPSA) is 51.0 Å². The molecule has 0 atom stereocenters. The Hall–Kier alpha value is -1.53. The van der Waals surface area contributed by atoms with Crippen molar-refractivity contribution in [3.63, 3.8) is 0 Å². The lowest BCUT2D eigenvalue weighted by Crippen LogP contribution is -2.04. The maximum atomic E-state index is 13.5. The number of nitrogens with one attached hydrogen (secondary N) is 1. The minimum atomic E-state index is -0.739. The average Bonchev–Trinajstić information content (AvgIpc) is 2.72. The Balaban J connectivity index is 2.41. The lowest BCUT2D eigenvalue weighted by Gasteiger charge is -1.99. The highest BCUT2D eigenvalue weighted by Crippen LogP contribution is 2.26. The van der Waals surface area contributed by atoms with E-state index in [0.29, 0.717) is 6.54 Å². The van der Waals surface area contributed by atoms with E-state index in [2.05, 4.69) is 15.5 Å². The maximum absolute atomic E-state index is 13.5. The van der Waals surface area contributed by atoms with Crippen LogP contribution >= 0.6 is 11.6 Å². The molecule has 0 saturated carbocycles. The van der Waals surface area contributed by atoms with E-state index in [-0.39, 0.29) is 22.4 Å². The van der Waals surface area contributed by atoms with Crippen molar-refractivity contribution in [1.82, 2.24) is 15.5 Å². The van der Waals surface area contributed by atoms with Crippen molar-refractivity contribution in [2.24, 2.45) is 0 Å². The quantitative estimate of drug-likeness (QED) is 0.860. The number of hydrogen-bond donors (Lipinski definition) is 1. The van der Waals surface area contributed by atoms with Crippen LogP contribution in [0.15, 0.2) is 16.5 Å². The van der Waals surface area contributed by atoms with E-state index in [0.717, 1.165) is 12.1 Å². The van der Waals surface area contributed by atoms with Gasteiger partial charge < -0.3 is 9.73 Å². The molecule has 90 valence electrons. The second-order valence-corrected chi connectivity index (χ2v) is 3.68. The summed E-state index contributed by atoms with van der Waals surface area (Å²) in [6.07, 6.45) is 0. The fourth-order valence-electron chi connectivity index (χ4n) is 1.27. The molecule has 2 aromatic rings. The lowest BCUT2D eigenvalue weighted by molar-refractivity contribution is 0.486. The normalized spacial score (nSPS) is 10.8. The lowest BCUT2D eigenvalue weighted by atomic mass is 10.2. The zero-order chi connectivity index (χ0) is 12.4. The molecule has 1 aromatic heterocycles. The summed E-state index contributed by atoms with van der Waals surface area (Å²) in [6.45, 7) is 0.352. The van der Waals surface area contributed by atoms with Crippen LogP contribution in [0.25, 0.3) is 11.5 Å². The monoisotopic (exact) mass is 259 g/mol. The summed E-state index contributed by atoms with van der Waals surface area (Å²) in [7, 11) is 1.70. The van der Waals surface area contributed by atoms with Gasteiger partial charge in [-0.25, -0.2) is 8.78 Å². The maximum Gasteiger partial charge on any atom is 0.250 e. The summed E-state index contributed by atoms with van der Waals surface area (Å²) in [5, 5.41) is 9.81. The summed E-state index contributed by atoms with van der Waals surface area (Å²) in [5.74, 6) is -1.24. The summed E-state index contributed by atoms with van der Waals surface area (Å²) in [5.41, 5.74) is -0.109. The number of rotatable bonds is 3. The van der Waals surface area contributed by atoms with Gasteiger partial charge in [-0.05, 0) is 19.2 Å². The molecule has 0 unspecified atom stereocenters. The molecule has 0 aliphatic carbocycles. The standard InChI is InChI=1S/C10H8ClF2N3O/c1-14-4-9-15-16-10(17-9)5-2-8(13)6(11)3-7(5)12/h2-3,14H,4H2,1H3. The molecule has 0 fully saturated rings. The van der Waals surface area contributed by atoms with Crippen LogP contribution in [0.5, 0.6) is 0 Å². The van der Waals surface area contributed by atoms with E-state index in [1.165, 1.54) is 0 Å². The molecule has 0 aliphatic rings. The number of halogens is 3. The molecule has 1 N–H and O–H groups in total. The zero-order valence-corrected chi connectivity index (χ0v) is 9.55. The molecule has 0 radical (unpaired) electrons. The van der Waals surface area contributed by atoms with Gasteiger partial charge in [-0.2, -0.15) is 0 Å². The molecule has 4 nitrogen and oxygen atoms in total. The van der Waals surface area contributed by atoms with Crippen LogP contribution in [0.3, 0.4) is 0 Å². The van der Waals surface area contributed by atoms with E-state index >= 15 is 0 Å². The Kier molecular flexibility index (Phi) is 3.35. The predicted octanol–water partition coefficient (Wildman–Crippen LogP) is 2.39. The van der Waals surface area contributed by atoms with Gasteiger partial charge in [0.25, 0.3) is 5.89 Å². The molecule has 0 amide bonds. The van der Waals surface area contributed by atoms with Gasteiger partial charge in [-0.3, -0.25) is 0 Å². The highest BCUT2D eigenvalue weighted by atomic mass is 35.5. The first-order chi connectivity index (χ1) is 8.11. The van der Waals surface area contributed by atoms with Crippen LogP contribution in [0.4, 0.5) is 8.78 Å². The molecule has 2 rings (SSSR count). The first-order valence-corrected chi connectivity index (χ1v) is 5.11. The smallest absolute Gasteiger partial charge is 0.250 e. The first-order valence-electron chi connectivity index (χ1n) is 4.73. The second kappa shape index (κ2) is 4.77. The largest absolute Gasteiger partial charge is 0.419 e. The first kappa shape index (κ1) is 11.9. The molecular weight excluding hydrogens is 252 g/mol. The van der Waals surface area contributed by atoms with Gasteiger partial charge in [0.15, 0.2) is 0 Å². The number of benzene rings is 1. The Morgan fingerprint density at radius 3 is 2.76 bits per heavy atom. The zero-order valence-electron chi connectivity index (χ0n) is 8.80. The Morgan fingerprint density at radius 1 is 1.29 bits per heavy atom. The SMILES string of the molecule is CNCc1nnc(-c2cc(F)c(Cl)cc2F)o1. The summed E-state index contributed by atoms with van der Waals surface area (Å²) < 4.78 is 31.9. The van der Waals surface area contributed by atoms with Crippen molar-refractivity contribution in [2.45, 2.75) is 6.54 Å². The van der Waals surface area contributed by atoms with Gasteiger partial charge in [0.05, 0.1) is 17.1 Å². The highest BCUT2D eigenvalue weighted by Gasteiger charge is 2.15. The number of aromatic nitrogens is 2. The molecule has 17 heavy (non-hydrogen) atoms. The molecular formula is C10H8ClF2N3O. The van der Waals surface area contributed by atoms with Crippen molar-refractivity contribution in [1.29, 1.82) is 0 Å². The van der Waals surface area contributed by atoms with Crippen LogP contribution in [0.1, 0.15) is 5.89 Å². The molecule has 0 saturated heterocycles. The molecule has 1 aromatic carbocycles. The fourth-order valence-corrected chi connectivity index (χ4v) is 1.42. The van der Waals surface area contributed by atoms with Crippen LogP contribution in [-0.4, -0.2) is 17.2 Å². The van der Waals surface area contributed by atoms with Crippen molar-refractivity contribution in [3.8, 4) is 11.5 Å². The van der Waals surface area contributed by atoms with E-state index in [9.17, 15) is 8.78 Å².